The molecular weight excluding hydrogens is 733 g/mol. The van der Waals surface area contributed by atoms with E-state index in [-0.39, 0.29) is 0 Å². The van der Waals surface area contributed by atoms with Gasteiger partial charge in [0.1, 0.15) is 11.2 Å². The van der Waals surface area contributed by atoms with Crippen LogP contribution in [-0.4, -0.2) is 15.0 Å². The highest BCUT2D eigenvalue weighted by Crippen LogP contribution is 2.39. The number of hydrogen-bond acceptors (Lipinski definition) is 5. The Bertz CT molecular complexity index is 3310. The minimum Gasteiger partial charge on any atom is -0.456 e. The van der Waals surface area contributed by atoms with Gasteiger partial charge in [0.15, 0.2) is 17.5 Å². The molecule has 11 rings (SSSR count). The van der Waals surface area contributed by atoms with Crippen molar-refractivity contribution in [3.8, 4) is 56.4 Å². The standard InChI is InChI=1S/C55H36N4O/c1-4-13-37(14-5-1)39-25-29-47(30-26-39)59(46-20-8-3-9-21-46)48-22-12-19-42(34-48)43-28-32-51-50(35-43)49-31-27-45(36-52(49)60-51)55-57-53(40-16-6-2-7-17-40)56-54(58-55)44-24-23-38-15-10-11-18-41(38)33-44/h1-36H. The molecule has 0 saturated carbocycles. The highest BCUT2D eigenvalue weighted by molar-refractivity contribution is 6.07. The zero-order chi connectivity index (χ0) is 39.8. The van der Waals surface area contributed by atoms with Gasteiger partial charge in [-0.05, 0) is 99.8 Å². The predicted octanol–water partition coefficient (Wildman–Crippen LogP) is 14.7. The van der Waals surface area contributed by atoms with Crippen LogP contribution in [0.5, 0.6) is 0 Å². The van der Waals surface area contributed by atoms with Crippen molar-refractivity contribution >= 4 is 49.8 Å². The van der Waals surface area contributed by atoms with Gasteiger partial charge >= 0.3 is 0 Å². The van der Waals surface area contributed by atoms with Crippen LogP contribution in [0.25, 0.3) is 89.1 Å². The predicted molar refractivity (Wildman–Crippen MR) is 246 cm³/mol. The summed E-state index contributed by atoms with van der Waals surface area (Å²) in [5, 5.41) is 4.39. The van der Waals surface area contributed by atoms with Crippen LogP contribution in [0.15, 0.2) is 223 Å². The summed E-state index contributed by atoms with van der Waals surface area (Å²) in [4.78, 5) is 17.3. The highest BCUT2D eigenvalue weighted by Gasteiger charge is 2.17. The van der Waals surface area contributed by atoms with E-state index in [9.17, 15) is 0 Å². The lowest BCUT2D eigenvalue weighted by atomic mass is 10.0. The molecule has 0 fully saturated rings. The molecule has 0 atom stereocenters. The average molecular weight is 769 g/mol. The minimum absolute atomic E-state index is 0.588. The lowest BCUT2D eigenvalue weighted by Crippen LogP contribution is -2.09. The number of fused-ring (bicyclic) bond motifs is 4. The van der Waals surface area contributed by atoms with E-state index in [0.717, 1.165) is 72.2 Å². The average Bonchev–Trinajstić information content (AvgIpc) is 3.70. The molecule has 0 aliphatic carbocycles. The van der Waals surface area contributed by atoms with Crippen molar-refractivity contribution in [2.45, 2.75) is 0 Å². The Morgan fingerprint density at radius 1 is 0.283 bits per heavy atom. The van der Waals surface area contributed by atoms with Gasteiger partial charge in [0.2, 0.25) is 0 Å². The molecule has 0 N–H and O–H groups in total. The zero-order valence-corrected chi connectivity index (χ0v) is 32.5. The van der Waals surface area contributed by atoms with Crippen LogP contribution in [0.3, 0.4) is 0 Å². The fraction of sp³-hybridized carbons (Fsp3) is 0. The summed E-state index contributed by atoms with van der Waals surface area (Å²) in [5.74, 6) is 1.83. The van der Waals surface area contributed by atoms with Gasteiger partial charge in [-0.15, -0.1) is 0 Å². The van der Waals surface area contributed by atoms with E-state index in [4.69, 9.17) is 19.4 Å². The largest absolute Gasteiger partial charge is 0.456 e. The molecule has 11 aromatic rings. The quantitative estimate of drug-likeness (QED) is 0.154. The van der Waals surface area contributed by atoms with E-state index in [1.807, 2.05) is 42.5 Å². The van der Waals surface area contributed by atoms with Crippen LogP contribution in [0, 0.1) is 0 Å². The monoisotopic (exact) mass is 768 g/mol. The lowest BCUT2D eigenvalue weighted by Gasteiger charge is -2.26. The van der Waals surface area contributed by atoms with Crippen LogP contribution in [-0.2, 0) is 0 Å². The number of aromatic nitrogens is 3. The topological polar surface area (TPSA) is 55.1 Å². The molecule has 0 aliphatic rings. The Labute approximate surface area is 347 Å². The number of para-hydroxylation sites is 1. The first-order chi connectivity index (χ1) is 29.7. The molecule has 0 bridgehead atoms. The zero-order valence-electron chi connectivity index (χ0n) is 32.5. The highest BCUT2D eigenvalue weighted by atomic mass is 16.3. The number of hydrogen-bond donors (Lipinski definition) is 0. The minimum atomic E-state index is 0.588. The molecular formula is C55H36N4O. The van der Waals surface area contributed by atoms with Gasteiger partial charge < -0.3 is 9.32 Å². The fourth-order valence-corrected chi connectivity index (χ4v) is 8.06. The van der Waals surface area contributed by atoms with E-state index >= 15 is 0 Å². The molecule has 0 saturated heterocycles. The molecule has 0 radical (unpaired) electrons. The van der Waals surface area contributed by atoms with Gasteiger partial charge in [0.25, 0.3) is 0 Å². The van der Waals surface area contributed by atoms with Crippen LogP contribution in [0.2, 0.25) is 0 Å². The second-order valence-electron chi connectivity index (χ2n) is 14.9. The normalized spacial score (nSPS) is 11.3. The number of furan rings is 1. The molecule has 60 heavy (non-hydrogen) atoms. The van der Waals surface area contributed by atoms with E-state index < -0.39 is 0 Å². The third kappa shape index (κ3) is 6.64. The van der Waals surface area contributed by atoms with E-state index in [2.05, 4.69) is 181 Å². The SMILES string of the molecule is c1ccc(-c2ccc(N(c3ccccc3)c3cccc(-c4ccc5oc6cc(-c7nc(-c8ccccc8)nc(-c8ccc9ccccc9c8)n7)ccc6c5c4)c3)cc2)cc1. The number of benzene rings is 9. The first-order valence-corrected chi connectivity index (χ1v) is 20.1. The summed E-state index contributed by atoms with van der Waals surface area (Å²) in [5.41, 5.74) is 12.2. The summed E-state index contributed by atoms with van der Waals surface area (Å²) in [6.45, 7) is 0. The van der Waals surface area contributed by atoms with Gasteiger partial charge in [-0.2, -0.15) is 0 Å². The molecule has 2 aromatic heterocycles. The molecule has 0 amide bonds. The van der Waals surface area contributed by atoms with E-state index in [1.165, 1.54) is 16.5 Å². The molecule has 0 spiro atoms. The van der Waals surface area contributed by atoms with Crippen molar-refractivity contribution in [2.75, 3.05) is 4.90 Å². The molecule has 0 unspecified atom stereocenters. The summed E-state index contributed by atoms with van der Waals surface area (Å²) in [6.07, 6.45) is 0. The van der Waals surface area contributed by atoms with E-state index in [1.54, 1.807) is 0 Å². The van der Waals surface area contributed by atoms with Crippen molar-refractivity contribution in [3.63, 3.8) is 0 Å². The van der Waals surface area contributed by atoms with Crippen molar-refractivity contribution < 1.29 is 4.42 Å². The lowest BCUT2D eigenvalue weighted by molar-refractivity contribution is 0.669. The van der Waals surface area contributed by atoms with Gasteiger partial charge in [0.05, 0.1) is 0 Å². The molecule has 9 aromatic carbocycles. The Morgan fingerprint density at radius 2 is 0.800 bits per heavy atom. The first kappa shape index (κ1) is 35.0. The maximum Gasteiger partial charge on any atom is 0.164 e. The van der Waals surface area contributed by atoms with Gasteiger partial charge in [0, 0.05) is 44.5 Å². The van der Waals surface area contributed by atoms with Crippen LogP contribution in [0.4, 0.5) is 17.1 Å². The first-order valence-electron chi connectivity index (χ1n) is 20.1. The second-order valence-corrected chi connectivity index (χ2v) is 14.9. The summed E-state index contributed by atoms with van der Waals surface area (Å²) >= 11 is 0. The second kappa shape index (κ2) is 15.0. The Morgan fingerprint density at radius 3 is 1.55 bits per heavy atom. The van der Waals surface area contributed by atoms with Crippen LogP contribution < -0.4 is 4.90 Å². The van der Waals surface area contributed by atoms with E-state index in [0.29, 0.717) is 17.5 Å². The Hall–Kier alpha value is -8.15. The molecule has 0 aliphatic heterocycles. The number of rotatable bonds is 8. The van der Waals surface area contributed by atoms with Crippen molar-refractivity contribution in [1.29, 1.82) is 0 Å². The smallest absolute Gasteiger partial charge is 0.164 e. The van der Waals surface area contributed by atoms with Crippen molar-refractivity contribution in [1.82, 2.24) is 15.0 Å². The van der Waals surface area contributed by atoms with Crippen LogP contribution in [0.1, 0.15) is 0 Å². The van der Waals surface area contributed by atoms with Gasteiger partial charge in [-0.25, -0.2) is 15.0 Å². The third-order valence-electron chi connectivity index (χ3n) is 11.1. The van der Waals surface area contributed by atoms with Gasteiger partial charge in [-0.1, -0.05) is 152 Å². The molecule has 5 nitrogen and oxygen atoms in total. The van der Waals surface area contributed by atoms with Crippen molar-refractivity contribution in [3.05, 3.63) is 218 Å². The summed E-state index contributed by atoms with van der Waals surface area (Å²) in [6, 6.07) is 76.0. The molecule has 2 heterocycles. The summed E-state index contributed by atoms with van der Waals surface area (Å²) in [7, 11) is 0. The van der Waals surface area contributed by atoms with Crippen molar-refractivity contribution in [2.24, 2.45) is 0 Å². The van der Waals surface area contributed by atoms with Gasteiger partial charge in [-0.3, -0.25) is 0 Å². The molecule has 5 heteroatoms. The maximum atomic E-state index is 6.52. The third-order valence-corrected chi connectivity index (χ3v) is 11.1. The fourth-order valence-electron chi connectivity index (χ4n) is 8.06. The number of anilines is 3. The van der Waals surface area contributed by atoms with Crippen LogP contribution >= 0.6 is 0 Å². The Balaban J connectivity index is 0.959. The Kier molecular flexibility index (Phi) is 8.75. The maximum absolute atomic E-state index is 6.52. The number of nitrogens with zero attached hydrogens (tertiary/aromatic N) is 4. The summed E-state index contributed by atoms with van der Waals surface area (Å²) < 4.78 is 6.52. The molecule has 282 valence electrons.